The molecule has 4 rings (SSSR count). The molecule has 0 fully saturated rings. The van der Waals surface area contributed by atoms with E-state index < -0.39 is 0 Å². The topological polar surface area (TPSA) is 0 Å². The lowest BCUT2D eigenvalue weighted by molar-refractivity contribution is 0.701. The van der Waals surface area contributed by atoms with Gasteiger partial charge in [-0.25, -0.2) is 0 Å². The zero-order valence-corrected chi connectivity index (χ0v) is 17.5. The van der Waals surface area contributed by atoms with Crippen molar-refractivity contribution in [3.8, 4) is 0 Å². The minimum absolute atomic E-state index is 0.607. The van der Waals surface area contributed by atoms with E-state index in [1.165, 1.54) is 61.8 Å². The van der Waals surface area contributed by atoms with Gasteiger partial charge in [-0.05, 0) is 80.4 Å². The van der Waals surface area contributed by atoms with Crippen LogP contribution >= 0.6 is 0 Å². The molecule has 4 aromatic carbocycles. The quantitative estimate of drug-likeness (QED) is 0.245. The van der Waals surface area contributed by atoms with E-state index in [9.17, 15) is 0 Å². The molecule has 0 saturated heterocycles. The summed E-state index contributed by atoms with van der Waals surface area (Å²) in [5.41, 5.74) is 4.14. The summed E-state index contributed by atoms with van der Waals surface area (Å²) in [4.78, 5) is 0. The van der Waals surface area contributed by atoms with Gasteiger partial charge in [0.05, 0.1) is 0 Å². The molecule has 0 aromatic heterocycles. The molecule has 0 saturated carbocycles. The van der Waals surface area contributed by atoms with Crippen LogP contribution in [0.15, 0.2) is 60.7 Å². The van der Waals surface area contributed by atoms with Gasteiger partial charge in [0.25, 0.3) is 0 Å². The van der Waals surface area contributed by atoms with Gasteiger partial charge in [0.2, 0.25) is 0 Å². The zero-order valence-electron chi connectivity index (χ0n) is 17.5. The highest BCUT2D eigenvalue weighted by atomic mass is 14.1. The van der Waals surface area contributed by atoms with Crippen molar-refractivity contribution in [3.05, 3.63) is 77.4 Å². The Labute approximate surface area is 168 Å². The molecule has 4 aromatic rings. The first-order valence-corrected chi connectivity index (χ1v) is 10.7. The fraction of sp³-hybridized carbons (Fsp3) is 0.286. The van der Waals surface area contributed by atoms with Crippen molar-refractivity contribution < 1.29 is 0 Å². The highest BCUT2D eigenvalue weighted by Crippen LogP contribution is 2.33. The van der Waals surface area contributed by atoms with E-state index in [2.05, 4.69) is 94.4 Å². The molecule has 1 atom stereocenters. The van der Waals surface area contributed by atoms with Crippen molar-refractivity contribution >= 4 is 38.4 Å². The first-order valence-electron chi connectivity index (χ1n) is 10.7. The van der Waals surface area contributed by atoms with Gasteiger partial charge in [-0.3, -0.25) is 0 Å². The maximum Gasteiger partial charge on any atom is -0.00988 e. The highest BCUT2D eigenvalue weighted by molar-refractivity contribution is 6.14. The van der Waals surface area contributed by atoms with Crippen LogP contribution in [0.25, 0.3) is 38.4 Å². The van der Waals surface area contributed by atoms with Crippen LogP contribution in [0, 0.1) is 12.8 Å². The minimum atomic E-state index is 0.607. The summed E-state index contributed by atoms with van der Waals surface area (Å²) in [7, 11) is 0. The average molecular weight is 367 g/mol. The standard InChI is InChI=1S/C28H30/c1-5-7-21-10-11-22-17-23-12-15-26-25(13-8-19(3)6-2)20(4)9-14-27(26)28(23)18-24(22)16-21/h8-19H,5-7H2,1-4H3/b13-8-. The number of aryl methyl sites for hydroxylation is 2. The first-order chi connectivity index (χ1) is 13.6. The van der Waals surface area contributed by atoms with Crippen molar-refractivity contribution in [2.24, 2.45) is 5.92 Å². The van der Waals surface area contributed by atoms with Crippen LogP contribution in [0.2, 0.25) is 0 Å². The molecule has 0 heterocycles. The van der Waals surface area contributed by atoms with Crippen LogP contribution in [0.1, 0.15) is 50.3 Å². The zero-order chi connectivity index (χ0) is 19.7. The predicted molar refractivity (Wildman–Crippen MR) is 126 cm³/mol. The van der Waals surface area contributed by atoms with Crippen LogP contribution in [0.3, 0.4) is 0 Å². The Morgan fingerprint density at radius 2 is 1.57 bits per heavy atom. The van der Waals surface area contributed by atoms with Crippen molar-refractivity contribution in [2.45, 2.75) is 47.0 Å². The van der Waals surface area contributed by atoms with Crippen molar-refractivity contribution in [2.75, 3.05) is 0 Å². The molecular formula is C28H30. The Balaban J connectivity index is 1.96. The lowest BCUT2D eigenvalue weighted by Gasteiger charge is -2.12. The Hall–Kier alpha value is -2.60. The molecule has 28 heavy (non-hydrogen) atoms. The Morgan fingerprint density at radius 3 is 2.36 bits per heavy atom. The number of benzene rings is 4. The number of hydrogen-bond acceptors (Lipinski definition) is 0. The highest BCUT2D eigenvalue weighted by Gasteiger charge is 2.08. The van der Waals surface area contributed by atoms with Gasteiger partial charge in [-0.15, -0.1) is 0 Å². The summed E-state index contributed by atoms with van der Waals surface area (Å²) >= 11 is 0. The predicted octanol–water partition coefficient (Wildman–Crippen LogP) is 8.47. The lowest BCUT2D eigenvalue weighted by atomic mass is 9.92. The number of allylic oxidation sites excluding steroid dienone is 1. The van der Waals surface area contributed by atoms with Gasteiger partial charge < -0.3 is 0 Å². The van der Waals surface area contributed by atoms with Gasteiger partial charge in [-0.2, -0.15) is 0 Å². The fourth-order valence-corrected chi connectivity index (χ4v) is 4.13. The van der Waals surface area contributed by atoms with Crippen molar-refractivity contribution in [3.63, 3.8) is 0 Å². The van der Waals surface area contributed by atoms with E-state index in [-0.39, 0.29) is 0 Å². The molecule has 0 radical (unpaired) electrons. The maximum absolute atomic E-state index is 2.39. The van der Waals surface area contributed by atoms with Gasteiger partial charge in [0.1, 0.15) is 0 Å². The molecule has 0 amide bonds. The molecule has 0 aliphatic heterocycles. The summed E-state index contributed by atoms with van der Waals surface area (Å²) in [6.45, 7) is 9.00. The second-order valence-corrected chi connectivity index (χ2v) is 8.21. The fourth-order valence-electron chi connectivity index (χ4n) is 4.13. The molecule has 0 aliphatic carbocycles. The third kappa shape index (κ3) is 3.44. The molecule has 0 N–H and O–H groups in total. The van der Waals surface area contributed by atoms with Crippen molar-refractivity contribution in [1.82, 2.24) is 0 Å². The first kappa shape index (κ1) is 18.7. The number of hydrogen-bond donors (Lipinski definition) is 0. The van der Waals surface area contributed by atoms with Crippen LogP contribution < -0.4 is 0 Å². The van der Waals surface area contributed by atoms with Crippen LogP contribution in [0.5, 0.6) is 0 Å². The summed E-state index contributed by atoms with van der Waals surface area (Å²) < 4.78 is 0. The molecule has 0 nitrogen and oxygen atoms in total. The normalized spacial score (nSPS) is 13.1. The third-order valence-electron chi connectivity index (χ3n) is 6.07. The number of rotatable bonds is 5. The summed E-state index contributed by atoms with van der Waals surface area (Å²) in [6.07, 6.45) is 8.19. The van der Waals surface area contributed by atoms with Crippen molar-refractivity contribution in [1.29, 1.82) is 0 Å². The Kier molecular flexibility index (Phi) is 5.22. The van der Waals surface area contributed by atoms with E-state index in [0.29, 0.717) is 5.92 Å². The smallest absolute Gasteiger partial charge is 0.00988 e. The second kappa shape index (κ2) is 7.80. The Morgan fingerprint density at radius 1 is 0.786 bits per heavy atom. The molecule has 1 unspecified atom stereocenters. The molecule has 0 spiro atoms. The van der Waals surface area contributed by atoms with Gasteiger partial charge in [0.15, 0.2) is 0 Å². The molecule has 0 bridgehead atoms. The van der Waals surface area contributed by atoms with Gasteiger partial charge in [-0.1, -0.05) is 88.2 Å². The Bertz CT molecular complexity index is 1180. The van der Waals surface area contributed by atoms with Crippen LogP contribution in [0.4, 0.5) is 0 Å². The lowest BCUT2D eigenvalue weighted by Crippen LogP contribution is -1.89. The minimum Gasteiger partial charge on any atom is -0.0811 e. The van der Waals surface area contributed by atoms with Gasteiger partial charge in [0, 0.05) is 0 Å². The monoisotopic (exact) mass is 366 g/mol. The molecule has 0 heteroatoms. The van der Waals surface area contributed by atoms with E-state index in [1.54, 1.807) is 0 Å². The summed E-state index contributed by atoms with van der Waals surface area (Å²) in [6, 6.07) is 20.8. The SMILES string of the molecule is CCCc1ccc2cc3ccc4c(/C=C\C(C)CC)c(C)ccc4c3cc2c1. The van der Waals surface area contributed by atoms with E-state index in [0.717, 1.165) is 6.42 Å². The number of fused-ring (bicyclic) bond motifs is 4. The third-order valence-corrected chi connectivity index (χ3v) is 6.07. The average Bonchev–Trinajstić information content (AvgIpc) is 2.71. The largest absolute Gasteiger partial charge is 0.0811 e. The summed E-state index contributed by atoms with van der Waals surface area (Å²) in [5.74, 6) is 0.607. The molecular weight excluding hydrogens is 336 g/mol. The van der Waals surface area contributed by atoms with E-state index >= 15 is 0 Å². The summed E-state index contributed by atoms with van der Waals surface area (Å²) in [5, 5.41) is 8.07. The molecule has 142 valence electrons. The molecule has 0 aliphatic rings. The van der Waals surface area contributed by atoms with Crippen LogP contribution in [-0.2, 0) is 6.42 Å². The maximum atomic E-state index is 2.39. The van der Waals surface area contributed by atoms with E-state index in [1.807, 2.05) is 0 Å². The second-order valence-electron chi connectivity index (χ2n) is 8.21. The van der Waals surface area contributed by atoms with Crippen LogP contribution in [-0.4, -0.2) is 0 Å². The van der Waals surface area contributed by atoms with Gasteiger partial charge >= 0.3 is 0 Å². The van der Waals surface area contributed by atoms with E-state index in [4.69, 9.17) is 0 Å².